The summed E-state index contributed by atoms with van der Waals surface area (Å²) in [6.07, 6.45) is 0.558. The molecule has 3 aromatic rings. The van der Waals surface area contributed by atoms with Crippen molar-refractivity contribution in [3.05, 3.63) is 69.6 Å². The molecule has 0 aliphatic carbocycles. The number of fused-ring (bicyclic) bond motifs is 1. The highest BCUT2D eigenvalue weighted by molar-refractivity contribution is 7.14. The number of rotatable bonds is 7. The SMILES string of the molecule is COCCCN1C(=O)c2ccc(C(=O)Nc3nc(-c4ccc(C)cc4C)cs3)cc2C1=O. The van der Waals surface area contributed by atoms with E-state index in [9.17, 15) is 14.4 Å². The van der Waals surface area contributed by atoms with Crippen molar-refractivity contribution in [3.63, 3.8) is 0 Å². The molecule has 1 N–H and O–H groups in total. The Kier molecular flexibility index (Phi) is 6.16. The number of methoxy groups -OCH3 is 1. The highest BCUT2D eigenvalue weighted by Gasteiger charge is 2.35. The molecule has 0 bridgehead atoms. The smallest absolute Gasteiger partial charge is 0.261 e. The van der Waals surface area contributed by atoms with Crippen LogP contribution in [0.1, 0.15) is 48.6 Å². The van der Waals surface area contributed by atoms with Crippen molar-refractivity contribution >= 4 is 34.2 Å². The van der Waals surface area contributed by atoms with E-state index in [2.05, 4.69) is 16.4 Å². The van der Waals surface area contributed by atoms with Gasteiger partial charge in [0.05, 0.1) is 16.8 Å². The molecule has 1 aromatic heterocycles. The first-order valence-corrected chi connectivity index (χ1v) is 11.1. The van der Waals surface area contributed by atoms with Crippen LogP contribution >= 0.6 is 11.3 Å². The average Bonchev–Trinajstić information content (AvgIpc) is 3.32. The van der Waals surface area contributed by atoms with Crippen molar-refractivity contribution in [2.75, 3.05) is 25.6 Å². The van der Waals surface area contributed by atoms with Crippen LogP contribution in [0, 0.1) is 13.8 Å². The molecule has 1 aliphatic heterocycles. The monoisotopic (exact) mass is 449 g/mol. The number of carbonyl (C=O) groups excluding carboxylic acids is 3. The lowest BCUT2D eigenvalue weighted by atomic mass is 10.0. The minimum absolute atomic E-state index is 0.246. The molecule has 0 unspecified atom stereocenters. The lowest BCUT2D eigenvalue weighted by molar-refractivity contribution is 0.0638. The van der Waals surface area contributed by atoms with Gasteiger partial charge in [0.1, 0.15) is 0 Å². The summed E-state index contributed by atoms with van der Waals surface area (Å²) in [6.45, 7) is 4.81. The standard InChI is InChI=1S/C24H23N3O4S/c1-14-5-7-17(15(2)11-14)20-13-32-24(25-20)26-21(28)16-6-8-18-19(12-16)23(30)27(22(18)29)9-4-10-31-3/h5-8,11-13H,4,9-10H2,1-3H3,(H,25,26,28). The van der Waals surface area contributed by atoms with Crippen LogP contribution in [0.3, 0.4) is 0 Å². The number of thiazole rings is 1. The summed E-state index contributed by atoms with van der Waals surface area (Å²) in [7, 11) is 1.57. The molecule has 7 nitrogen and oxygen atoms in total. The molecule has 4 rings (SSSR count). The van der Waals surface area contributed by atoms with Gasteiger partial charge in [-0.1, -0.05) is 23.8 Å². The summed E-state index contributed by atoms with van der Waals surface area (Å²) < 4.78 is 4.99. The number of carbonyl (C=O) groups is 3. The molecule has 0 spiro atoms. The Morgan fingerprint density at radius 2 is 1.81 bits per heavy atom. The number of hydrogen-bond donors (Lipinski definition) is 1. The topological polar surface area (TPSA) is 88.6 Å². The Hall–Kier alpha value is -3.36. The quantitative estimate of drug-likeness (QED) is 0.429. The number of imide groups is 1. The van der Waals surface area contributed by atoms with Crippen LogP contribution in [0.25, 0.3) is 11.3 Å². The first-order chi connectivity index (χ1) is 15.4. The van der Waals surface area contributed by atoms with Crippen molar-refractivity contribution in [1.29, 1.82) is 0 Å². The highest BCUT2D eigenvalue weighted by atomic mass is 32.1. The van der Waals surface area contributed by atoms with Crippen LogP contribution in [0.5, 0.6) is 0 Å². The normalized spacial score (nSPS) is 12.9. The van der Waals surface area contributed by atoms with Crippen molar-refractivity contribution in [3.8, 4) is 11.3 Å². The molecule has 2 heterocycles. The first-order valence-electron chi connectivity index (χ1n) is 10.2. The van der Waals surface area contributed by atoms with E-state index in [-0.39, 0.29) is 29.8 Å². The Bertz CT molecular complexity index is 1220. The van der Waals surface area contributed by atoms with Crippen LogP contribution in [-0.4, -0.2) is 47.9 Å². The Morgan fingerprint density at radius 1 is 1.06 bits per heavy atom. The molecular formula is C24H23N3O4S. The molecule has 8 heteroatoms. The third-order valence-electron chi connectivity index (χ3n) is 5.35. The summed E-state index contributed by atoms with van der Waals surface area (Å²) in [6, 6.07) is 10.7. The van der Waals surface area contributed by atoms with Gasteiger partial charge in [-0.15, -0.1) is 11.3 Å². The van der Waals surface area contributed by atoms with Crippen LogP contribution in [0.15, 0.2) is 41.8 Å². The number of amides is 3. The maximum Gasteiger partial charge on any atom is 0.261 e. The van der Waals surface area contributed by atoms with Crippen molar-refractivity contribution < 1.29 is 19.1 Å². The number of benzene rings is 2. The van der Waals surface area contributed by atoms with E-state index in [1.807, 2.05) is 31.4 Å². The predicted molar refractivity (Wildman–Crippen MR) is 123 cm³/mol. The number of aryl methyl sites for hydroxylation is 2. The summed E-state index contributed by atoms with van der Waals surface area (Å²) >= 11 is 1.33. The van der Waals surface area contributed by atoms with Crippen LogP contribution in [0.2, 0.25) is 0 Å². The molecule has 0 fully saturated rings. The summed E-state index contributed by atoms with van der Waals surface area (Å²) in [5.41, 5.74) is 4.96. The highest BCUT2D eigenvalue weighted by Crippen LogP contribution is 2.29. The second-order valence-corrected chi connectivity index (χ2v) is 8.54. The van der Waals surface area contributed by atoms with E-state index in [1.54, 1.807) is 13.2 Å². The third kappa shape index (κ3) is 4.19. The van der Waals surface area contributed by atoms with Crippen LogP contribution in [-0.2, 0) is 4.74 Å². The maximum atomic E-state index is 12.8. The molecule has 1 aliphatic rings. The molecule has 0 atom stereocenters. The summed E-state index contributed by atoms with van der Waals surface area (Å²) in [4.78, 5) is 43.7. The maximum absolute atomic E-state index is 12.8. The first kappa shape index (κ1) is 21.9. The van der Waals surface area contributed by atoms with Gasteiger partial charge >= 0.3 is 0 Å². The molecule has 2 aromatic carbocycles. The van der Waals surface area contributed by atoms with Crippen LogP contribution in [0.4, 0.5) is 5.13 Å². The second kappa shape index (κ2) is 9.02. The van der Waals surface area contributed by atoms with Gasteiger partial charge in [0, 0.05) is 36.8 Å². The number of nitrogens with zero attached hydrogens (tertiary/aromatic N) is 2. The van der Waals surface area contributed by atoms with Crippen molar-refractivity contribution in [2.45, 2.75) is 20.3 Å². The van der Waals surface area contributed by atoms with Crippen LogP contribution < -0.4 is 5.32 Å². The molecule has 32 heavy (non-hydrogen) atoms. The third-order valence-corrected chi connectivity index (χ3v) is 6.10. The lowest BCUT2D eigenvalue weighted by Crippen LogP contribution is -2.31. The zero-order valence-electron chi connectivity index (χ0n) is 18.1. The molecular weight excluding hydrogens is 426 g/mol. The van der Waals surface area contributed by atoms with Gasteiger partial charge in [-0.05, 0) is 44.0 Å². The molecule has 3 amide bonds. The van der Waals surface area contributed by atoms with E-state index < -0.39 is 0 Å². The number of anilines is 1. The van der Waals surface area contributed by atoms with E-state index >= 15 is 0 Å². The van der Waals surface area contributed by atoms with Gasteiger partial charge in [0.15, 0.2) is 5.13 Å². The number of hydrogen-bond acceptors (Lipinski definition) is 6. The second-order valence-electron chi connectivity index (χ2n) is 7.68. The van der Waals surface area contributed by atoms with Gasteiger partial charge in [-0.2, -0.15) is 0 Å². The number of aromatic nitrogens is 1. The van der Waals surface area contributed by atoms with E-state index in [4.69, 9.17) is 4.74 Å². The Balaban J connectivity index is 1.50. The fraction of sp³-hybridized carbons (Fsp3) is 0.250. The van der Waals surface area contributed by atoms with Gasteiger partial charge in [0.25, 0.3) is 17.7 Å². The van der Waals surface area contributed by atoms with Crippen molar-refractivity contribution in [2.24, 2.45) is 0 Å². The van der Waals surface area contributed by atoms with E-state index in [0.29, 0.717) is 29.3 Å². The number of nitrogens with one attached hydrogen (secondary N) is 1. The molecule has 164 valence electrons. The van der Waals surface area contributed by atoms with Gasteiger partial charge < -0.3 is 4.74 Å². The van der Waals surface area contributed by atoms with E-state index in [0.717, 1.165) is 16.8 Å². The lowest BCUT2D eigenvalue weighted by Gasteiger charge is -2.12. The average molecular weight is 450 g/mol. The fourth-order valence-corrected chi connectivity index (χ4v) is 4.43. The molecule has 0 saturated carbocycles. The predicted octanol–water partition coefficient (Wildman–Crippen LogP) is 4.31. The number of ether oxygens (including phenoxy) is 1. The zero-order valence-corrected chi connectivity index (χ0v) is 18.9. The van der Waals surface area contributed by atoms with E-state index in [1.165, 1.54) is 33.9 Å². The summed E-state index contributed by atoms with van der Waals surface area (Å²) in [5, 5.41) is 5.16. The Labute approximate surface area is 190 Å². The Morgan fingerprint density at radius 3 is 2.56 bits per heavy atom. The minimum Gasteiger partial charge on any atom is -0.385 e. The largest absolute Gasteiger partial charge is 0.385 e. The van der Waals surface area contributed by atoms with Gasteiger partial charge in [0.2, 0.25) is 0 Å². The zero-order chi connectivity index (χ0) is 22.8. The summed E-state index contributed by atoms with van der Waals surface area (Å²) in [5.74, 6) is -1.11. The van der Waals surface area contributed by atoms with Crippen molar-refractivity contribution in [1.82, 2.24) is 9.88 Å². The minimum atomic E-state index is -0.387. The van der Waals surface area contributed by atoms with Gasteiger partial charge in [-0.25, -0.2) is 4.98 Å². The van der Waals surface area contributed by atoms with Gasteiger partial charge in [-0.3, -0.25) is 24.6 Å². The molecule has 0 radical (unpaired) electrons. The fourth-order valence-electron chi connectivity index (χ4n) is 3.73. The molecule has 0 saturated heterocycles.